The van der Waals surface area contributed by atoms with E-state index in [9.17, 15) is 0 Å². The molecule has 19 heavy (non-hydrogen) atoms. The highest BCUT2D eigenvalue weighted by atomic mass is 15.2. The third-order valence-corrected chi connectivity index (χ3v) is 4.97. The Hall–Kier alpha value is -0.0800. The van der Waals surface area contributed by atoms with Crippen LogP contribution in [0.3, 0.4) is 0 Å². The summed E-state index contributed by atoms with van der Waals surface area (Å²) in [5.74, 6) is 0.770. The summed E-state index contributed by atoms with van der Waals surface area (Å²) >= 11 is 0. The molecule has 0 aliphatic heterocycles. The van der Waals surface area contributed by atoms with E-state index in [1.165, 1.54) is 71.1 Å². The Morgan fingerprint density at radius 3 is 2.37 bits per heavy atom. The highest BCUT2D eigenvalue weighted by molar-refractivity contribution is 4.92. The Morgan fingerprint density at radius 2 is 1.84 bits per heavy atom. The van der Waals surface area contributed by atoms with E-state index in [-0.39, 0.29) is 0 Å². The van der Waals surface area contributed by atoms with Gasteiger partial charge in [0.2, 0.25) is 0 Å². The van der Waals surface area contributed by atoms with Gasteiger partial charge in [-0.05, 0) is 50.1 Å². The fourth-order valence-electron chi connectivity index (χ4n) is 3.69. The maximum absolute atomic E-state index is 3.76. The first kappa shape index (κ1) is 15.3. The van der Waals surface area contributed by atoms with Crippen LogP contribution in [0.4, 0.5) is 0 Å². The largest absolute Gasteiger partial charge is 0.316 e. The lowest BCUT2D eigenvalue weighted by molar-refractivity contribution is 0.0998. The molecule has 0 aromatic heterocycles. The first-order valence-electron chi connectivity index (χ1n) is 8.60. The second-order valence-corrected chi connectivity index (χ2v) is 7.38. The monoisotopic (exact) mass is 266 g/mol. The predicted molar refractivity (Wildman–Crippen MR) is 83.5 cm³/mol. The molecule has 0 aromatic carbocycles. The van der Waals surface area contributed by atoms with Crippen LogP contribution >= 0.6 is 0 Å². The third-order valence-electron chi connectivity index (χ3n) is 4.97. The van der Waals surface area contributed by atoms with Crippen LogP contribution in [-0.2, 0) is 0 Å². The van der Waals surface area contributed by atoms with E-state index in [1.807, 2.05) is 0 Å². The van der Waals surface area contributed by atoms with Gasteiger partial charge in [-0.2, -0.15) is 0 Å². The number of rotatable bonds is 8. The molecule has 0 amide bonds. The van der Waals surface area contributed by atoms with Gasteiger partial charge in [-0.25, -0.2) is 0 Å². The maximum Gasteiger partial charge on any atom is 0.00965 e. The van der Waals surface area contributed by atoms with Crippen molar-refractivity contribution in [1.29, 1.82) is 0 Å². The van der Waals surface area contributed by atoms with E-state index in [0.29, 0.717) is 5.41 Å². The van der Waals surface area contributed by atoms with Crippen LogP contribution in [0.2, 0.25) is 0 Å². The van der Waals surface area contributed by atoms with Crippen LogP contribution < -0.4 is 5.32 Å². The molecule has 2 fully saturated rings. The van der Waals surface area contributed by atoms with Crippen LogP contribution in [0.1, 0.15) is 65.7 Å². The molecule has 2 nitrogen and oxygen atoms in total. The average molecular weight is 266 g/mol. The molecule has 0 spiro atoms. The smallest absolute Gasteiger partial charge is 0.00965 e. The van der Waals surface area contributed by atoms with Crippen LogP contribution in [0.25, 0.3) is 0 Å². The van der Waals surface area contributed by atoms with E-state index in [1.54, 1.807) is 0 Å². The first-order valence-corrected chi connectivity index (χ1v) is 8.60. The Morgan fingerprint density at radius 1 is 1.16 bits per heavy atom. The minimum atomic E-state index is 0.575. The van der Waals surface area contributed by atoms with Gasteiger partial charge in [0.15, 0.2) is 0 Å². The zero-order valence-electron chi connectivity index (χ0n) is 13.4. The number of nitrogens with one attached hydrogen (secondary N) is 1. The quantitative estimate of drug-likeness (QED) is 0.721. The minimum absolute atomic E-state index is 0.575. The van der Waals surface area contributed by atoms with Gasteiger partial charge in [0.25, 0.3) is 0 Å². The van der Waals surface area contributed by atoms with E-state index in [4.69, 9.17) is 0 Å². The second-order valence-electron chi connectivity index (χ2n) is 7.38. The Labute approximate surface area is 120 Å². The summed E-state index contributed by atoms with van der Waals surface area (Å²) < 4.78 is 0. The Kier molecular flexibility index (Phi) is 5.70. The van der Waals surface area contributed by atoms with Crippen molar-refractivity contribution in [1.82, 2.24) is 10.2 Å². The fourth-order valence-corrected chi connectivity index (χ4v) is 3.69. The van der Waals surface area contributed by atoms with Crippen molar-refractivity contribution >= 4 is 0 Å². The van der Waals surface area contributed by atoms with E-state index in [2.05, 4.69) is 31.0 Å². The van der Waals surface area contributed by atoms with Crippen LogP contribution in [0.5, 0.6) is 0 Å². The molecule has 2 rings (SSSR count). The molecule has 2 heteroatoms. The molecule has 0 saturated heterocycles. The van der Waals surface area contributed by atoms with E-state index < -0.39 is 0 Å². The summed E-state index contributed by atoms with van der Waals surface area (Å²) in [6.07, 6.45) is 10.1. The first-order chi connectivity index (χ1) is 9.15. The zero-order chi connectivity index (χ0) is 13.7. The summed E-state index contributed by atoms with van der Waals surface area (Å²) in [6, 6.07) is 0.925. The lowest BCUT2D eigenvalue weighted by atomic mass is 9.73. The second kappa shape index (κ2) is 7.08. The molecule has 1 N–H and O–H groups in total. The minimum Gasteiger partial charge on any atom is -0.316 e. The molecule has 0 unspecified atom stereocenters. The van der Waals surface area contributed by atoms with Gasteiger partial charge in [0, 0.05) is 19.1 Å². The fraction of sp³-hybridized carbons (Fsp3) is 1.00. The van der Waals surface area contributed by atoms with E-state index >= 15 is 0 Å². The summed E-state index contributed by atoms with van der Waals surface area (Å²) in [5, 5.41) is 3.76. The summed E-state index contributed by atoms with van der Waals surface area (Å²) in [5.41, 5.74) is 0.575. The number of hydrogen-bond donors (Lipinski definition) is 1. The number of nitrogens with zero attached hydrogens (tertiary/aromatic N) is 1. The van der Waals surface area contributed by atoms with Gasteiger partial charge in [0.05, 0.1) is 0 Å². The normalized spacial score (nSPS) is 23.2. The highest BCUT2D eigenvalue weighted by Gasteiger charge is 2.37. The Balaban J connectivity index is 1.88. The molecule has 0 heterocycles. The number of hydrogen-bond acceptors (Lipinski definition) is 2. The standard InChI is InChI=1S/C17H34N2/c1-4-19(16-8-9-16)14-17(10-6-5-7-11-17)13-18-12-15(2)3/h15-16,18H,4-14H2,1-3H3. The topological polar surface area (TPSA) is 15.3 Å². The predicted octanol–water partition coefficient (Wildman–Crippen LogP) is 3.67. The summed E-state index contributed by atoms with van der Waals surface area (Å²) in [6.45, 7) is 12.0. The van der Waals surface area contributed by atoms with Gasteiger partial charge in [0.1, 0.15) is 0 Å². The SMILES string of the molecule is CCN(CC1(CNCC(C)C)CCCCC1)C1CC1. The van der Waals surface area contributed by atoms with Gasteiger partial charge in [-0.1, -0.05) is 40.0 Å². The van der Waals surface area contributed by atoms with Crippen LogP contribution in [-0.4, -0.2) is 37.1 Å². The molecule has 0 aromatic rings. The zero-order valence-corrected chi connectivity index (χ0v) is 13.4. The van der Waals surface area contributed by atoms with Gasteiger partial charge < -0.3 is 10.2 Å². The summed E-state index contributed by atoms with van der Waals surface area (Å²) in [4.78, 5) is 2.77. The molecule has 2 saturated carbocycles. The highest BCUT2D eigenvalue weighted by Crippen LogP contribution is 2.39. The van der Waals surface area contributed by atoms with Gasteiger partial charge >= 0.3 is 0 Å². The Bertz CT molecular complexity index is 252. The van der Waals surface area contributed by atoms with Crippen LogP contribution in [0, 0.1) is 11.3 Å². The lowest BCUT2D eigenvalue weighted by Gasteiger charge is -2.41. The molecular weight excluding hydrogens is 232 g/mol. The van der Waals surface area contributed by atoms with Gasteiger partial charge in [-0.3, -0.25) is 0 Å². The van der Waals surface area contributed by atoms with Crippen molar-refractivity contribution < 1.29 is 0 Å². The van der Waals surface area contributed by atoms with Crippen molar-refractivity contribution in [2.24, 2.45) is 11.3 Å². The maximum atomic E-state index is 3.76. The lowest BCUT2D eigenvalue weighted by Crippen LogP contribution is -2.46. The van der Waals surface area contributed by atoms with Crippen molar-refractivity contribution in [2.45, 2.75) is 71.8 Å². The molecule has 2 aliphatic rings. The molecule has 2 aliphatic carbocycles. The molecular formula is C17H34N2. The van der Waals surface area contributed by atoms with E-state index in [0.717, 1.165) is 12.0 Å². The van der Waals surface area contributed by atoms with Crippen molar-refractivity contribution in [3.63, 3.8) is 0 Å². The molecule has 112 valence electrons. The van der Waals surface area contributed by atoms with Crippen molar-refractivity contribution in [3.8, 4) is 0 Å². The average Bonchev–Trinajstić information content (AvgIpc) is 3.21. The van der Waals surface area contributed by atoms with Crippen LogP contribution in [0.15, 0.2) is 0 Å². The third kappa shape index (κ3) is 4.75. The van der Waals surface area contributed by atoms with Gasteiger partial charge in [-0.15, -0.1) is 0 Å². The van der Waals surface area contributed by atoms with Crippen molar-refractivity contribution in [3.05, 3.63) is 0 Å². The molecule has 0 atom stereocenters. The van der Waals surface area contributed by atoms with Crippen molar-refractivity contribution in [2.75, 3.05) is 26.2 Å². The molecule has 0 bridgehead atoms. The molecule has 0 radical (unpaired) electrons. The summed E-state index contributed by atoms with van der Waals surface area (Å²) in [7, 11) is 0.